The first-order valence-electron chi connectivity index (χ1n) is 13.0. The molecule has 1 saturated heterocycles. The number of hydrogen-bond donors (Lipinski definition) is 3. The molecule has 2 radical (unpaired) electrons. The SMILES string of the molecule is C=C1CCC2[C@](C)(CO)C(O)CC[C@]2(C)[C@H]1C/C=C1/C(=O)OCC1OC(=O)CNC(=O)c1ccccc1.[Ac].[Ac]. The Kier molecular flexibility index (Phi) is 13.4. The van der Waals surface area contributed by atoms with Crippen LogP contribution in [0.1, 0.15) is 56.3 Å². The van der Waals surface area contributed by atoms with Crippen LogP contribution >= 0.6 is 0 Å². The van der Waals surface area contributed by atoms with Gasteiger partial charge < -0.3 is 25.0 Å². The molecular formula is C29H37Ac2NO7. The monoisotopic (exact) mass is 965 g/mol. The second-order valence-corrected chi connectivity index (χ2v) is 11.0. The number of allylic oxidation sites excluding steroid dienone is 2. The average molecular weight is 966 g/mol. The molecule has 3 N–H and O–H groups in total. The summed E-state index contributed by atoms with van der Waals surface area (Å²) in [6.07, 6.45) is 3.95. The molecular weight excluding hydrogens is 928 g/mol. The van der Waals surface area contributed by atoms with Gasteiger partial charge in [-0.15, -0.1) is 0 Å². The van der Waals surface area contributed by atoms with Crippen molar-refractivity contribution >= 4 is 17.8 Å². The number of hydrogen-bond acceptors (Lipinski definition) is 7. The number of ether oxygens (including phenoxy) is 2. The van der Waals surface area contributed by atoms with Crippen LogP contribution in [0.25, 0.3) is 0 Å². The van der Waals surface area contributed by atoms with Crippen LogP contribution in [0.3, 0.4) is 0 Å². The van der Waals surface area contributed by atoms with Gasteiger partial charge in [-0.1, -0.05) is 50.3 Å². The molecule has 6 atom stereocenters. The topological polar surface area (TPSA) is 122 Å². The van der Waals surface area contributed by atoms with Gasteiger partial charge >= 0.3 is 11.9 Å². The van der Waals surface area contributed by atoms with E-state index >= 15 is 0 Å². The van der Waals surface area contributed by atoms with E-state index in [1.165, 1.54) is 0 Å². The maximum atomic E-state index is 12.5. The Morgan fingerprint density at radius 3 is 2.56 bits per heavy atom. The van der Waals surface area contributed by atoms with Crippen molar-refractivity contribution in [3.05, 3.63) is 59.7 Å². The second-order valence-electron chi connectivity index (χ2n) is 11.0. The van der Waals surface area contributed by atoms with Crippen molar-refractivity contribution in [2.45, 2.75) is 58.2 Å². The number of aliphatic hydroxyl groups excluding tert-OH is 2. The van der Waals surface area contributed by atoms with Crippen LogP contribution in [0.15, 0.2) is 54.1 Å². The third-order valence-corrected chi connectivity index (χ3v) is 8.92. The summed E-state index contributed by atoms with van der Waals surface area (Å²) < 4.78 is 10.7. The van der Waals surface area contributed by atoms with Gasteiger partial charge in [-0.05, 0) is 61.5 Å². The second kappa shape index (κ2) is 14.9. The van der Waals surface area contributed by atoms with E-state index in [0.717, 1.165) is 24.8 Å². The van der Waals surface area contributed by atoms with E-state index in [2.05, 4.69) is 18.8 Å². The number of carbonyl (C=O) groups excluding carboxylic acids is 3. The molecule has 1 amide bonds. The first kappa shape index (κ1) is 35.1. The first-order chi connectivity index (χ1) is 17.6. The molecule has 0 aromatic heterocycles. The largest absolute Gasteiger partial charge is 0.458 e. The molecule has 3 unspecified atom stereocenters. The molecule has 39 heavy (non-hydrogen) atoms. The molecule has 8 nitrogen and oxygen atoms in total. The van der Waals surface area contributed by atoms with Gasteiger partial charge in [0, 0.05) is 99.1 Å². The molecule has 1 aliphatic heterocycles. The van der Waals surface area contributed by atoms with Crippen LogP contribution in [0.5, 0.6) is 0 Å². The maximum absolute atomic E-state index is 12.5. The molecule has 1 aromatic rings. The zero-order valence-electron chi connectivity index (χ0n) is 22.7. The van der Waals surface area contributed by atoms with Gasteiger partial charge in [0.1, 0.15) is 13.2 Å². The summed E-state index contributed by atoms with van der Waals surface area (Å²) in [4.78, 5) is 37.1. The van der Waals surface area contributed by atoms with E-state index in [9.17, 15) is 24.6 Å². The van der Waals surface area contributed by atoms with Crippen LogP contribution in [-0.4, -0.2) is 60.0 Å². The van der Waals surface area contributed by atoms with Gasteiger partial charge in [-0.25, -0.2) is 4.79 Å². The number of aliphatic hydroxyl groups is 2. The molecule has 3 fully saturated rings. The van der Waals surface area contributed by atoms with Gasteiger partial charge in [-0.2, -0.15) is 0 Å². The Labute approximate surface area is 301 Å². The molecule has 0 spiro atoms. The van der Waals surface area contributed by atoms with Crippen molar-refractivity contribution in [1.82, 2.24) is 5.32 Å². The Balaban J connectivity index is 0.00000267. The van der Waals surface area contributed by atoms with E-state index in [4.69, 9.17) is 9.47 Å². The Morgan fingerprint density at radius 1 is 1.21 bits per heavy atom. The molecule has 1 heterocycles. The van der Waals surface area contributed by atoms with Crippen molar-refractivity contribution in [3.8, 4) is 0 Å². The van der Waals surface area contributed by atoms with Crippen molar-refractivity contribution in [1.29, 1.82) is 0 Å². The van der Waals surface area contributed by atoms with Crippen LogP contribution in [0.2, 0.25) is 0 Å². The zero-order chi connectivity index (χ0) is 26.8. The fourth-order valence-electron chi connectivity index (χ4n) is 6.69. The summed E-state index contributed by atoms with van der Waals surface area (Å²) in [6, 6.07) is 8.54. The summed E-state index contributed by atoms with van der Waals surface area (Å²) >= 11 is 0. The molecule has 10 heteroatoms. The van der Waals surface area contributed by atoms with Gasteiger partial charge in [0.2, 0.25) is 0 Å². The van der Waals surface area contributed by atoms with Crippen molar-refractivity contribution < 1.29 is 122 Å². The number of fused-ring (bicyclic) bond motifs is 1. The standard InChI is InChI=1S/C29H37NO7.2Ac/c1-18-9-12-23-28(2,14-13-24(32)29(23,3)17-31)21(18)11-10-20-22(16-36-27(20)35)37-25(33)15-30-26(34)19-7-5-4-6-8-19;;/h4-8,10,21-24,31-32H,1,9,11-17H2,2-3H3,(H,30,34);;/b20-10+;;/t21-,22?,23?,24?,28+,29-;;/m0../s1. The summed E-state index contributed by atoms with van der Waals surface area (Å²) in [5.74, 6) is -1.41. The predicted molar refractivity (Wildman–Crippen MR) is 136 cm³/mol. The Bertz CT molecular complexity index is 1090. The minimum Gasteiger partial charge on any atom is -0.458 e. The van der Waals surface area contributed by atoms with E-state index < -0.39 is 35.5 Å². The van der Waals surface area contributed by atoms with E-state index in [1.807, 2.05) is 6.92 Å². The van der Waals surface area contributed by atoms with Crippen molar-refractivity contribution in [2.75, 3.05) is 19.8 Å². The van der Waals surface area contributed by atoms with Crippen LogP contribution in [0.4, 0.5) is 0 Å². The van der Waals surface area contributed by atoms with E-state index in [0.29, 0.717) is 24.0 Å². The fourth-order valence-corrected chi connectivity index (χ4v) is 6.69. The number of cyclic esters (lactones) is 1. The Morgan fingerprint density at radius 2 is 1.90 bits per heavy atom. The molecule has 1 aromatic carbocycles. The van der Waals surface area contributed by atoms with Gasteiger partial charge in [0.05, 0.1) is 18.3 Å². The van der Waals surface area contributed by atoms with E-state index in [1.54, 1.807) is 36.4 Å². The smallest absolute Gasteiger partial charge is 0.337 e. The molecule has 2 saturated carbocycles. The van der Waals surface area contributed by atoms with Crippen LogP contribution < -0.4 is 5.32 Å². The third kappa shape index (κ3) is 7.47. The van der Waals surface area contributed by atoms with Crippen LogP contribution in [0, 0.1) is 111 Å². The predicted octanol–water partition coefficient (Wildman–Crippen LogP) is 2.94. The van der Waals surface area contributed by atoms with Crippen LogP contribution in [-0.2, 0) is 19.1 Å². The fraction of sp³-hybridized carbons (Fsp3) is 0.552. The average Bonchev–Trinajstić information content (AvgIpc) is 3.23. The summed E-state index contributed by atoms with van der Waals surface area (Å²) in [5.41, 5.74) is 1.03. The van der Waals surface area contributed by atoms with Gasteiger partial charge in [0.15, 0.2) is 6.10 Å². The number of amides is 1. The molecule has 0 bridgehead atoms. The van der Waals surface area contributed by atoms with Crippen molar-refractivity contribution in [2.24, 2.45) is 22.7 Å². The minimum absolute atomic E-state index is 0. The summed E-state index contributed by atoms with van der Waals surface area (Å²) in [6.45, 7) is 8.01. The maximum Gasteiger partial charge on any atom is 0.337 e. The number of esters is 2. The molecule has 206 valence electrons. The van der Waals surface area contributed by atoms with Gasteiger partial charge in [-0.3, -0.25) is 9.59 Å². The minimum atomic E-state index is -0.843. The molecule has 2 aliphatic carbocycles. The summed E-state index contributed by atoms with van der Waals surface area (Å²) in [7, 11) is 0. The first-order valence-corrected chi connectivity index (χ1v) is 13.0. The van der Waals surface area contributed by atoms with E-state index in [-0.39, 0.29) is 125 Å². The number of rotatable bonds is 7. The number of carbonyl (C=O) groups is 3. The number of nitrogens with one attached hydrogen (secondary N) is 1. The van der Waals surface area contributed by atoms with Crippen molar-refractivity contribution in [3.63, 3.8) is 0 Å². The normalized spacial score (nSPS) is 32.8. The number of benzene rings is 1. The summed E-state index contributed by atoms with van der Waals surface area (Å²) in [5, 5.41) is 23.4. The zero-order valence-corrected chi connectivity index (χ0v) is 32.2. The quantitative estimate of drug-likeness (QED) is 0.219. The third-order valence-electron chi connectivity index (χ3n) is 8.92. The van der Waals surface area contributed by atoms with Gasteiger partial charge in [0.25, 0.3) is 5.91 Å². The Hall–Kier alpha value is -0.0869. The molecule has 4 rings (SSSR count). The molecule has 3 aliphatic rings.